The summed E-state index contributed by atoms with van der Waals surface area (Å²) in [7, 11) is 1.15. The van der Waals surface area contributed by atoms with Crippen LogP contribution in [-0.2, 0) is 32.7 Å². The lowest BCUT2D eigenvalue weighted by Crippen LogP contribution is -2.37. The molecule has 0 aliphatic carbocycles. The van der Waals surface area contributed by atoms with Crippen molar-refractivity contribution in [3.8, 4) is 0 Å². The second kappa shape index (κ2) is 52.3. The minimum absolute atomic E-state index is 0.0371. The summed E-state index contributed by atoms with van der Waals surface area (Å²) in [6.45, 7) is 4.06. The molecule has 0 saturated heterocycles. The molecular weight excluding hydrogens is 918 g/mol. The number of likely N-dealkylation sites (N-methyl/N-ethyl adjacent to an activating group) is 1. The zero-order valence-corrected chi connectivity index (χ0v) is 47.2. The second-order valence-electron chi connectivity index (χ2n) is 19.6. The zero-order valence-electron chi connectivity index (χ0n) is 46.3. The van der Waals surface area contributed by atoms with Crippen molar-refractivity contribution in [1.82, 2.24) is 0 Å². The first kappa shape index (κ1) is 68.4. The van der Waals surface area contributed by atoms with Gasteiger partial charge in [-0.15, -0.1) is 0 Å². The highest BCUT2D eigenvalue weighted by atomic mass is 31.2. The van der Waals surface area contributed by atoms with Gasteiger partial charge in [0.15, 0.2) is 6.10 Å². The summed E-state index contributed by atoms with van der Waals surface area (Å²) < 4.78 is 33.9. The first-order chi connectivity index (χ1) is 35.0. The number of phosphoric ester groups is 1. The Balaban J connectivity index is 4.07. The minimum atomic E-state index is -4.63. The van der Waals surface area contributed by atoms with E-state index in [4.69, 9.17) is 18.5 Å². The van der Waals surface area contributed by atoms with Crippen molar-refractivity contribution in [1.29, 1.82) is 0 Å². The van der Waals surface area contributed by atoms with Gasteiger partial charge in [0.25, 0.3) is 7.82 Å². The second-order valence-corrected chi connectivity index (χ2v) is 21.0. The molecule has 0 aromatic carbocycles. The van der Waals surface area contributed by atoms with Gasteiger partial charge in [-0.2, -0.15) is 0 Å². The maximum Gasteiger partial charge on any atom is 0.306 e. The molecule has 10 heteroatoms. The molecule has 0 aliphatic rings. The predicted octanol–water partition coefficient (Wildman–Crippen LogP) is 17.0. The maximum absolute atomic E-state index is 12.7. The van der Waals surface area contributed by atoms with Gasteiger partial charge in [0, 0.05) is 12.8 Å². The Bertz CT molecular complexity index is 1630. The monoisotopic (exact) mass is 1020 g/mol. The summed E-state index contributed by atoms with van der Waals surface area (Å²) in [5, 5.41) is 0. The van der Waals surface area contributed by atoms with Crippen molar-refractivity contribution in [3.63, 3.8) is 0 Å². The molecule has 0 rings (SSSR count). The standard InChI is InChI=1S/C62H104NO8P/c1-6-8-10-12-14-16-17-18-19-20-21-22-23-24-25-26-27-28-29-30-31-32-33-34-35-36-37-38-39-40-41-42-43-44-45-47-49-51-53-55-62(65)71-60(59-70-72(66,67)69-57-56-63(3,4)5)58-68-61(64)54-52-50-48-46-15-13-11-9-7-2/h8,10,14,16,18-19,21-22,24-25,27-28,30-31,33-34,36-37,39-40,60H,6-7,9,11-13,15,17,20,23,26,29,32,35,38,41-59H2,1-5H3/b10-8-,16-14-,19-18-,22-21-,25-24-,28-27-,31-30-,34-33-,37-36-,40-39-. The van der Waals surface area contributed by atoms with E-state index in [1.165, 1.54) is 64.2 Å². The molecule has 2 unspecified atom stereocenters. The van der Waals surface area contributed by atoms with Crippen LogP contribution in [-0.4, -0.2) is 70.0 Å². The van der Waals surface area contributed by atoms with E-state index in [9.17, 15) is 19.0 Å². The molecule has 0 aromatic rings. The molecular formula is C62H104NO8P. The van der Waals surface area contributed by atoms with Crippen molar-refractivity contribution >= 4 is 19.8 Å². The number of hydrogen-bond acceptors (Lipinski definition) is 8. The largest absolute Gasteiger partial charge is 0.756 e. The number of hydrogen-bond donors (Lipinski definition) is 0. The third kappa shape index (κ3) is 55.7. The minimum Gasteiger partial charge on any atom is -0.756 e. The van der Waals surface area contributed by atoms with Crippen LogP contribution in [0.1, 0.15) is 206 Å². The fraction of sp³-hybridized carbons (Fsp3) is 0.645. The molecule has 0 saturated carbocycles. The number of carbonyl (C=O) groups excluding carboxylic acids is 2. The molecule has 410 valence electrons. The Labute approximate surface area is 441 Å². The zero-order chi connectivity index (χ0) is 52.7. The molecule has 0 aromatic heterocycles. The molecule has 9 nitrogen and oxygen atoms in total. The summed E-state index contributed by atoms with van der Waals surface area (Å²) in [6, 6.07) is 0. The number of quaternary nitrogens is 1. The lowest BCUT2D eigenvalue weighted by Gasteiger charge is -2.28. The average Bonchev–Trinajstić information content (AvgIpc) is 3.34. The summed E-state index contributed by atoms with van der Waals surface area (Å²) in [4.78, 5) is 37.6. The van der Waals surface area contributed by atoms with Crippen molar-refractivity contribution < 1.29 is 42.1 Å². The number of esters is 2. The van der Waals surface area contributed by atoms with Crippen molar-refractivity contribution in [3.05, 3.63) is 122 Å². The van der Waals surface area contributed by atoms with E-state index in [-0.39, 0.29) is 26.1 Å². The van der Waals surface area contributed by atoms with Crippen LogP contribution in [0.4, 0.5) is 0 Å². The highest BCUT2D eigenvalue weighted by Crippen LogP contribution is 2.38. The Morgan fingerprint density at radius 2 is 0.792 bits per heavy atom. The van der Waals surface area contributed by atoms with Gasteiger partial charge in [0.2, 0.25) is 0 Å². The van der Waals surface area contributed by atoms with Gasteiger partial charge in [-0.05, 0) is 89.9 Å². The highest BCUT2D eigenvalue weighted by molar-refractivity contribution is 7.45. The van der Waals surface area contributed by atoms with E-state index in [0.29, 0.717) is 17.4 Å². The van der Waals surface area contributed by atoms with E-state index in [2.05, 4.69) is 135 Å². The summed E-state index contributed by atoms with van der Waals surface area (Å²) in [5.41, 5.74) is 0. The summed E-state index contributed by atoms with van der Waals surface area (Å²) >= 11 is 0. The smallest absolute Gasteiger partial charge is 0.306 e. The fourth-order valence-electron chi connectivity index (χ4n) is 7.15. The number of carbonyl (C=O) groups is 2. The molecule has 0 radical (unpaired) electrons. The third-order valence-electron chi connectivity index (χ3n) is 11.5. The summed E-state index contributed by atoms with van der Waals surface area (Å²) in [6.07, 6.45) is 74.1. The number of allylic oxidation sites excluding steroid dienone is 20. The molecule has 0 heterocycles. The van der Waals surface area contributed by atoms with Gasteiger partial charge in [-0.25, -0.2) is 0 Å². The van der Waals surface area contributed by atoms with E-state index >= 15 is 0 Å². The topological polar surface area (TPSA) is 111 Å². The molecule has 72 heavy (non-hydrogen) atoms. The van der Waals surface area contributed by atoms with Crippen LogP contribution in [0.5, 0.6) is 0 Å². The van der Waals surface area contributed by atoms with Gasteiger partial charge in [-0.1, -0.05) is 225 Å². The Kier molecular flexibility index (Phi) is 49.7. The molecule has 0 fully saturated rings. The molecule has 0 bridgehead atoms. The van der Waals surface area contributed by atoms with Crippen LogP contribution >= 0.6 is 7.82 Å². The van der Waals surface area contributed by atoms with Crippen LogP contribution in [0.25, 0.3) is 0 Å². The fourth-order valence-corrected chi connectivity index (χ4v) is 7.88. The molecule has 2 atom stereocenters. The van der Waals surface area contributed by atoms with Crippen LogP contribution in [0.2, 0.25) is 0 Å². The van der Waals surface area contributed by atoms with E-state index in [0.717, 1.165) is 109 Å². The normalized spacial score (nSPS) is 14.2. The van der Waals surface area contributed by atoms with Crippen LogP contribution < -0.4 is 4.89 Å². The number of phosphoric acid groups is 1. The molecule has 0 aliphatic heterocycles. The van der Waals surface area contributed by atoms with Crippen LogP contribution in [0.3, 0.4) is 0 Å². The van der Waals surface area contributed by atoms with Gasteiger partial charge in [0.05, 0.1) is 27.7 Å². The van der Waals surface area contributed by atoms with Crippen molar-refractivity contribution in [2.24, 2.45) is 0 Å². The van der Waals surface area contributed by atoms with Gasteiger partial charge in [-0.3, -0.25) is 14.2 Å². The molecule has 0 spiro atoms. The summed E-state index contributed by atoms with van der Waals surface area (Å²) in [5.74, 6) is -0.853. The number of nitrogens with zero attached hydrogens (tertiary/aromatic N) is 1. The quantitative estimate of drug-likeness (QED) is 0.0195. The first-order valence-electron chi connectivity index (χ1n) is 28.2. The van der Waals surface area contributed by atoms with E-state index in [1.807, 2.05) is 21.1 Å². The molecule has 0 amide bonds. The van der Waals surface area contributed by atoms with Gasteiger partial charge >= 0.3 is 11.9 Å². The van der Waals surface area contributed by atoms with Crippen LogP contribution in [0.15, 0.2) is 122 Å². The Morgan fingerprint density at radius 1 is 0.444 bits per heavy atom. The van der Waals surface area contributed by atoms with Crippen LogP contribution in [0, 0.1) is 0 Å². The Hall–Kier alpha value is -3.59. The van der Waals surface area contributed by atoms with Gasteiger partial charge < -0.3 is 27.9 Å². The Morgan fingerprint density at radius 3 is 1.18 bits per heavy atom. The average molecular weight is 1020 g/mol. The highest BCUT2D eigenvalue weighted by Gasteiger charge is 2.21. The number of rotatable bonds is 50. The van der Waals surface area contributed by atoms with E-state index < -0.39 is 32.5 Å². The van der Waals surface area contributed by atoms with Crippen molar-refractivity contribution in [2.45, 2.75) is 213 Å². The lowest BCUT2D eigenvalue weighted by atomic mass is 10.1. The number of unbranched alkanes of at least 4 members (excludes halogenated alkanes) is 16. The SMILES string of the molecule is CC/C=C\C/C=C\C/C=C\C/C=C\C/C=C\C/C=C\C/C=C\C/C=C\C/C=C\C/C=C\CCCCCCCCCCC(=O)OC(COC(=O)CCCCCCCCCCC)COP(=O)([O-])OCC[N+](C)(C)C. The predicted molar refractivity (Wildman–Crippen MR) is 305 cm³/mol. The lowest BCUT2D eigenvalue weighted by molar-refractivity contribution is -0.870. The molecule has 0 N–H and O–H groups in total. The van der Waals surface area contributed by atoms with E-state index in [1.54, 1.807) is 0 Å². The van der Waals surface area contributed by atoms with Crippen molar-refractivity contribution in [2.75, 3.05) is 47.5 Å². The maximum atomic E-state index is 12.7. The first-order valence-corrected chi connectivity index (χ1v) is 29.7. The third-order valence-corrected chi connectivity index (χ3v) is 12.5. The van der Waals surface area contributed by atoms with Gasteiger partial charge in [0.1, 0.15) is 19.8 Å². The number of ether oxygens (including phenoxy) is 2.